The van der Waals surface area contributed by atoms with Crippen molar-refractivity contribution in [3.63, 3.8) is 0 Å². The number of hydrogen-bond donors (Lipinski definition) is 0. The van der Waals surface area contributed by atoms with E-state index in [9.17, 15) is 0 Å². The fourth-order valence-corrected chi connectivity index (χ4v) is 4.70. The number of allylic oxidation sites excluding steroid dienone is 1. The molecule has 0 saturated carbocycles. The van der Waals surface area contributed by atoms with Gasteiger partial charge in [0.05, 0.1) is 36.1 Å². The van der Waals surface area contributed by atoms with Crippen LogP contribution < -0.4 is 0 Å². The number of benzene rings is 2. The standard InChI is InChI=1S/C32H43N3O2/c1-9-11-13-36-31-27(19-33-29-23(5)15-21(3)16-24(29)6)35-28(32(31)37-14-12-10-2)20-34-30-25(7)17-22(4)18-26(30)8/h15-20,31H,9-14H2,1-8H3. The predicted octanol–water partition coefficient (Wildman–Crippen LogP) is 8.31. The zero-order valence-electron chi connectivity index (χ0n) is 23.9. The number of aryl methyl sites for hydroxylation is 6. The summed E-state index contributed by atoms with van der Waals surface area (Å²) in [5, 5.41) is 0. The molecule has 0 amide bonds. The van der Waals surface area contributed by atoms with Crippen LogP contribution in [0.25, 0.3) is 0 Å². The van der Waals surface area contributed by atoms with Crippen molar-refractivity contribution in [2.45, 2.75) is 87.2 Å². The van der Waals surface area contributed by atoms with Crippen molar-refractivity contribution < 1.29 is 9.47 Å². The lowest BCUT2D eigenvalue weighted by atomic mass is 10.1. The monoisotopic (exact) mass is 501 g/mol. The smallest absolute Gasteiger partial charge is 0.160 e. The van der Waals surface area contributed by atoms with Gasteiger partial charge in [-0.2, -0.15) is 0 Å². The molecule has 0 aromatic heterocycles. The topological polar surface area (TPSA) is 55.5 Å². The first-order chi connectivity index (χ1) is 17.7. The Hall–Kier alpha value is -3.05. The van der Waals surface area contributed by atoms with Crippen LogP contribution in [0, 0.1) is 41.5 Å². The average Bonchev–Trinajstić information content (AvgIpc) is 3.14. The average molecular weight is 502 g/mol. The third-order valence-electron chi connectivity index (χ3n) is 6.46. The van der Waals surface area contributed by atoms with E-state index in [2.05, 4.69) is 79.7 Å². The molecule has 2 aromatic rings. The van der Waals surface area contributed by atoms with Gasteiger partial charge in [0.15, 0.2) is 11.9 Å². The van der Waals surface area contributed by atoms with Gasteiger partial charge in [0.25, 0.3) is 0 Å². The van der Waals surface area contributed by atoms with Crippen LogP contribution in [0.1, 0.15) is 72.9 Å². The lowest BCUT2D eigenvalue weighted by Crippen LogP contribution is -2.27. The molecule has 1 unspecified atom stereocenters. The Morgan fingerprint density at radius 2 is 1.22 bits per heavy atom. The third kappa shape index (κ3) is 7.48. The minimum atomic E-state index is -0.389. The highest BCUT2D eigenvalue weighted by atomic mass is 16.5. The molecule has 1 aliphatic rings. The second kappa shape index (κ2) is 13.5. The molecule has 5 nitrogen and oxygen atoms in total. The van der Waals surface area contributed by atoms with Crippen molar-refractivity contribution in [2.24, 2.45) is 15.0 Å². The van der Waals surface area contributed by atoms with E-state index in [1.54, 1.807) is 0 Å². The Morgan fingerprint density at radius 3 is 1.73 bits per heavy atom. The summed E-state index contributed by atoms with van der Waals surface area (Å²) in [6.07, 6.45) is 7.34. The summed E-state index contributed by atoms with van der Waals surface area (Å²) in [6.45, 7) is 18.2. The number of hydrogen-bond acceptors (Lipinski definition) is 5. The minimum Gasteiger partial charge on any atom is -0.492 e. The Kier molecular flexibility index (Phi) is 10.4. The zero-order valence-corrected chi connectivity index (χ0v) is 23.9. The second-order valence-corrected chi connectivity index (χ2v) is 10.1. The summed E-state index contributed by atoms with van der Waals surface area (Å²) in [7, 11) is 0. The Morgan fingerprint density at radius 1 is 0.730 bits per heavy atom. The molecule has 1 atom stereocenters. The van der Waals surface area contributed by atoms with E-state index in [0.717, 1.165) is 70.8 Å². The van der Waals surface area contributed by atoms with Gasteiger partial charge in [-0.15, -0.1) is 0 Å². The van der Waals surface area contributed by atoms with Crippen molar-refractivity contribution in [3.8, 4) is 0 Å². The molecule has 0 aliphatic carbocycles. The fourth-order valence-electron chi connectivity index (χ4n) is 4.70. The van der Waals surface area contributed by atoms with Crippen LogP contribution in [-0.2, 0) is 9.47 Å². The van der Waals surface area contributed by atoms with Crippen LogP contribution in [0.15, 0.2) is 50.7 Å². The largest absolute Gasteiger partial charge is 0.492 e. The molecular formula is C32H43N3O2. The molecule has 2 aromatic carbocycles. The lowest BCUT2D eigenvalue weighted by molar-refractivity contribution is 0.0665. The molecule has 37 heavy (non-hydrogen) atoms. The highest BCUT2D eigenvalue weighted by molar-refractivity contribution is 6.35. The number of aliphatic imine (C=N–C) groups is 3. The molecule has 5 heteroatoms. The molecule has 1 heterocycles. The summed E-state index contributed by atoms with van der Waals surface area (Å²) < 4.78 is 12.6. The first kappa shape index (κ1) is 28.5. The van der Waals surface area contributed by atoms with Crippen molar-refractivity contribution in [3.05, 3.63) is 69.1 Å². The number of rotatable bonds is 12. The molecule has 0 saturated heterocycles. The maximum absolute atomic E-state index is 6.35. The van der Waals surface area contributed by atoms with Crippen LogP contribution in [-0.4, -0.2) is 37.5 Å². The zero-order chi connectivity index (χ0) is 26.9. The van der Waals surface area contributed by atoms with E-state index in [0.29, 0.717) is 18.9 Å². The SMILES string of the molecule is CCCCOC1=C(C=Nc2c(C)cc(C)cc2C)N=C(C=Nc2c(C)cc(C)cc2C)C1OCCCC. The maximum atomic E-state index is 6.35. The predicted molar refractivity (Wildman–Crippen MR) is 158 cm³/mol. The first-order valence-corrected chi connectivity index (χ1v) is 13.6. The van der Waals surface area contributed by atoms with E-state index in [-0.39, 0.29) is 6.10 Å². The number of unbranched alkanes of at least 4 members (excludes halogenated alkanes) is 2. The summed E-state index contributed by atoms with van der Waals surface area (Å²) in [4.78, 5) is 14.7. The van der Waals surface area contributed by atoms with Gasteiger partial charge in [-0.3, -0.25) is 9.98 Å². The van der Waals surface area contributed by atoms with Crippen LogP contribution in [0.4, 0.5) is 11.4 Å². The van der Waals surface area contributed by atoms with E-state index in [1.807, 2.05) is 12.4 Å². The Labute approximate surface area is 223 Å². The highest BCUT2D eigenvalue weighted by Gasteiger charge is 2.31. The molecule has 0 bridgehead atoms. The lowest BCUT2D eigenvalue weighted by Gasteiger charge is -2.18. The van der Waals surface area contributed by atoms with Crippen LogP contribution in [0.3, 0.4) is 0 Å². The third-order valence-corrected chi connectivity index (χ3v) is 6.46. The summed E-state index contributed by atoms with van der Waals surface area (Å²) in [5.74, 6) is 0.731. The van der Waals surface area contributed by atoms with Gasteiger partial charge in [0.1, 0.15) is 5.70 Å². The maximum Gasteiger partial charge on any atom is 0.160 e. The second-order valence-electron chi connectivity index (χ2n) is 10.1. The van der Waals surface area contributed by atoms with Gasteiger partial charge < -0.3 is 9.47 Å². The molecular weight excluding hydrogens is 458 g/mol. The van der Waals surface area contributed by atoms with E-state index in [1.165, 1.54) is 11.1 Å². The molecule has 198 valence electrons. The van der Waals surface area contributed by atoms with Gasteiger partial charge in [0.2, 0.25) is 0 Å². The van der Waals surface area contributed by atoms with E-state index in [4.69, 9.17) is 24.5 Å². The summed E-state index contributed by atoms with van der Waals surface area (Å²) in [5.41, 5.74) is 10.5. The number of nitrogens with zero attached hydrogens (tertiary/aromatic N) is 3. The van der Waals surface area contributed by atoms with Crippen molar-refractivity contribution >= 4 is 29.5 Å². The van der Waals surface area contributed by atoms with E-state index >= 15 is 0 Å². The highest BCUT2D eigenvalue weighted by Crippen LogP contribution is 2.29. The number of ether oxygens (including phenoxy) is 2. The first-order valence-electron chi connectivity index (χ1n) is 13.6. The van der Waals surface area contributed by atoms with Crippen LogP contribution in [0.2, 0.25) is 0 Å². The van der Waals surface area contributed by atoms with Crippen molar-refractivity contribution in [1.29, 1.82) is 0 Å². The van der Waals surface area contributed by atoms with Crippen LogP contribution >= 0.6 is 0 Å². The van der Waals surface area contributed by atoms with Crippen molar-refractivity contribution in [2.75, 3.05) is 13.2 Å². The Bertz CT molecular complexity index is 1170. The van der Waals surface area contributed by atoms with Crippen LogP contribution in [0.5, 0.6) is 0 Å². The van der Waals surface area contributed by atoms with E-state index < -0.39 is 0 Å². The van der Waals surface area contributed by atoms with Crippen molar-refractivity contribution in [1.82, 2.24) is 0 Å². The normalized spacial score (nSPS) is 15.9. The van der Waals surface area contributed by atoms with Gasteiger partial charge in [-0.25, -0.2) is 4.99 Å². The quantitative estimate of drug-likeness (QED) is 0.217. The molecule has 0 spiro atoms. The van der Waals surface area contributed by atoms with Gasteiger partial charge in [-0.05, 0) is 76.6 Å². The molecule has 0 radical (unpaired) electrons. The summed E-state index contributed by atoms with van der Waals surface area (Å²) >= 11 is 0. The summed E-state index contributed by atoms with van der Waals surface area (Å²) in [6, 6.07) is 8.64. The molecule has 0 fully saturated rings. The molecule has 1 aliphatic heterocycles. The van der Waals surface area contributed by atoms with Gasteiger partial charge in [0, 0.05) is 6.61 Å². The van der Waals surface area contributed by atoms with Gasteiger partial charge >= 0.3 is 0 Å². The Balaban J connectivity index is 2.01. The minimum absolute atomic E-state index is 0.389. The molecule has 3 rings (SSSR count). The molecule has 0 N–H and O–H groups in total. The van der Waals surface area contributed by atoms with Gasteiger partial charge in [-0.1, -0.05) is 62.1 Å². The fraction of sp³-hybridized carbons (Fsp3) is 0.469.